The fourth-order valence-corrected chi connectivity index (χ4v) is 2.67. The summed E-state index contributed by atoms with van der Waals surface area (Å²) in [5.41, 5.74) is 0. The van der Waals surface area contributed by atoms with E-state index in [9.17, 15) is 8.42 Å². The summed E-state index contributed by atoms with van der Waals surface area (Å²) >= 11 is 0. The molecule has 1 atom stereocenters. The van der Waals surface area contributed by atoms with E-state index in [2.05, 4.69) is 0 Å². The van der Waals surface area contributed by atoms with E-state index < -0.39 is 9.05 Å². The Hall–Kier alpha value is 0.160. The second kappa shape index (κ2) is 8.29. The smallest absolute Gasteiger partial charge is 0.232 e. The molecule has 0 amide bonds. The molecule has 0 N–H and O–H groups in total. The van der Waals surface area contributed by atoms with Crippen LogP contribution < -0.4 is 0 Å². The summed E-state index contributed by atoms with van der Waals surface area (Å²) in [7, 11) is 1.80. The quantitative estimate of drug-likeness (QED) is 0.481. The van der Waals surface area contributed by atoms with Gasteiger partial charge >= 0.3 is 0 Å². The number of ether oxygens (including phenoxy) is 2. The zero-order valence-corrected chi connectivity index (χ0v) is 11.6. The third-order valence-corrected chi connectivity index (χ3v) is 4.04. The molecule has 4 nitrogen and oxygen atoms in total. The second-order valence-corrected chi connectivity index (χ2v) is 7.36. The Labute approximate surface area is 108 Å². The Morgan fingerprint density at radius 1 is 1.24 bits per heavy atom. The fraction of sp³-hybridized carbons (Fsp3) is 1.00. The van der Waals surface area contributed by atoms with Gasteiger partial charge in [0.25, 0.3) is 0 Å². The number of hydrogen-bond donors (Lipinski definition) is 0. The van der Waals surface area contributed by atoms with Crippen LogP contribution in [0.5, 0.6) is 0 Å². The Balaban J connectivity index is 1.81. The highest BCUT2D eigenvalue weighted by Gasteiger charge is 2.15. The highest BCUT2D eigenvalue weighted by Crippen LogP contribution is 2.12. The predicted octanol–water partition coefficient (Wildman–Crippen LogP) is 2.17. The molecule has 0 spiro atoms. The minimum atomic E-state index is -3.31. The van der Waals surface area contributed by atoms with Crippen LogP contribution in [0.3, 0.4) is 0 Å². The van der Waals surface area contributed by atoms with Crippen molar-refractivity contribution in [3.63, 3.8) is 0 Å². The van der Waals surface area contributed by atoms with Crippen LogP contribution in [0.2, 0.25) is 0 Å². The molecule has 1 saturated heterocycles. The average Bonchev–Trinajstić information content (AvgIpc) is 2.73. The predicted molar refractivity (Wildman–Crippen MR) is 67.9 cm³/mol. The summed E-state index contributed by atoms with van der Waals surface area (Å²) < 4.78 is 32.1. The summed E-state index contributed by atoms with van der Waals surface area (Å²) in [4.78, 5) is 0. The summed E-state index contributed by atoms with van der Waals surface area (Å²) in [6, 6.07) is 0. The third-order valence-electron chi connectivity index (χ3n) is 2.80. The molecule has 1 rings (SSSR count). The lowest BCUT2D eigenvalue weighted by atomic mass is 10.1. The standard InChI is InChI=1S/C11H21ClO4S/c12-17(13,14)8-4-2-1-3-6-15-9-11-5-7-16-10-11/h11H,1-10H2. The molecule has 1 unspecified atom stereocenters. The molecule has 1 fully saturated rings. The molecular formula is C11H21ClO4S. The fourth-order valence-electron chi connectivity index (χ4n) is 1.80. The summed E-state index contributed by atoms with van der Waals surface area (Å²) in [5, 5.41) is 0. The van der Waals surface area contributed by atoms with Crippen LogP contribution in [0.25, 0.3) is 0 Å². The van der Waals surface area contributed by atoms with Gasteiger partial charge in [0.05, 0.1) is 19.0 Å². The lowest BCUT2D eigenvalue weighted by molar-refractivity contribution is 0.0872. The molecule has 102 valence electrons. The number of halogens is 1. The van der Waals surface area contributed by atoms with E-state index in [0.717, 1.165) is 52.1 Å². The Kier molecular flexibility index (Phi) is 7.43. The molecule has 6 heteroatoms. The molecule has 0 aromatic rings. The van der Waals surface area contributed by atoms with Crippen LogP contribution in [0.4, 0.5) is 0 Å². The van der Waals surface area contributed by atoms with Gasteiger partial charge in [0.1, 0.15) is 0 Å². The molecule has 0 aliphatic carbocycles. The molecule has 0 bridgehead atoms. The van der Waals surface area contributed by atoms with Crippen molar-refractivity contribution in [2.24, 2.45) is 5.92 Å². The van der Waals surface area contributed by atoms with Crippen LogP contribution in [-0.4, -0.2) is 40.6 Å². The Morgan fingerprint density at radius 2 is 2.00 bits per heavy atom. The minimum absolute atomic E-state index is 0.0782. The van der Waals surface area contributed by atoms with Crippen molar-refractivity contribution in [1.82, 2.24) is 0 Å². The van der Waals surface area contributed by atoms with Crippen LogP contribution in [0.15, 0.2) is 0 Å². The van der Waals surface area contributed by atoms with Crippen molar-refractivity contribution in [1.29, 1.82) is 0 Å². The van der Waals surface area contributed by atoms with Gasteiger partial charge in [-0.2, -0.15) is 0 Å². The van der Waals surface area contributed by atoms with E-state index in [1.54, 1.807) is 0 Å². The van der Waals surface area contributed by atoms with Gasteiger partial charge in [-0.05, 0) is 19.3 Å². The molecule has 1 aliphatic rings. The molecule has 0 aromatic heterocycles. The van der Waals surface area contributed by atoms with Gasteiger partial charge in [0.2, 0.25) is 9.05 Å². The topological polar surface area (TPSA) is 52.6 Å². The Bertz CT molecular complexity index is 286. The highest BCUT2D eigenvalue weighted by atomic mass is 35.7. The third kappa shape index (κ3) is 8.83. The van der Waals surface area contributed by atoms with Crippen LogP contribution in [0, 0.1) is 5.92 Å². The highest BCUT2D eigenvalue weighted by molar-refractivity contribution is 8.13. The lowest BCUT2D eigenvalue weighted by Gasteiger charge is -2.08. The zero-order valence-electron chi connectivity index (χ0n) is 10.1. The van der Waals surface area contributed by atoms with E-state index in [-0.39, 0.29) is 5.75 Å². The maximum absolute atomic E-state index is 10.6. The number of unbranched alkanes of at least 4 members (excludes halogenated alkanes) is 3. The van der Waals surface area contributed by atoms with Crippen molar-refractivity contribution in [3.8, 4) is 0 Å². The summed E-state index contributed by atoms with van der Waals surface area (Å²) in [6.07, 6.45) is 4.61. The molecule has 0 radical (unpaired) electrons. The maximum atomic E-state index is 10.6. The Morgan fingerprint density at radius 3 is 2.65 bits per heavy atom. The van der Waals surface area contributed by atoms with Gasteiger partial charge in [0.15, 0.2) is 0 Å². The normalized spacial score (nSPS) is 20.9. The van der Waals surface area contributed by atoms with Gasteiger partial charge in [-0.1, -0.05) is 12.8 Å². The van der Waals surface area contributed by atoms with Crippen LogP contribution in [-0.2, 0) is 18.5 Å². The molecule has 17 heavy (non-hydrogen) atoms. The largest absolute Gasteiger partial charge is 0.381 e. The molecule has 0 aromatic carbocycles. The lowest BCUT2D eigenvalue weighted by Crippen LogP contribution is -2.09. The molecule has 1 aliphatic heterocycles. The van der Waals surface area contributed by atoms with E-state index >= 15 is 0 Å². The number of rotatable bonds is 9. The van der Waals surface area contributed by atoms with Crippen LogP contribution in [0.1, 0.15) is 32.1 Å². The molecule has 1 heterocycles. The van der Waals surface area contributed by atoms with Crippen molar-refractivity contribution in [2.75, 3.05) is 32.2 Å². The van der Waals surface area contributed by atoms with E-state index in [1.807, 2.05) is 0 Å². The van der Waals surface area contributed by atoms with E-state index in [0.29, 0.717) is 12.3 Å². The minimum Gasteiger partial charge on any atom is -0.381 e. The molecule has 0 saturated carbocycles. The first kappa shape index (κ1) is 15.2. The second-order valence-electron chi connectivity index (χ2n) is 4.46. The van der Waals surface area contributed by atoms with E-state index in [1.165, 1.54) is 0 Å². The SMILES string of the molecule is O=S(=O)(Cl)CCCCCCOCC1CCOC1. The summed E-state index contributed by atoms with van der Waals surface area (Å²) in [6.45, 7) is 3.23. The van der Waals surface area contributed by atoms with E-state index in [4.69, 9.17) is 20.2 Å². The first-order valence-corrected chi connectivity index (χ1v) is 8.63. The first-order chi connectivity index (χ1) is 8.08. The van der Waals surface area contributed by atoms with Gasteiger partial charge in [0, 0.05) is 29.8 Å². The van der Waals surface area contributed by atoms with Crippen molar-refractivity contribution >= 4 is 19.7 Å². The zero-order chi connectivity index (χ0) is 12.6. The number of hydrogen-bond acceptors (Lipinski definition) is 4. The van der Waals surface area contributed by atoms with Crippen molar-refractivity contribution in [2.45, 2.75) is 32.1 Å². The van der Waals surface area contributed by atoms with Gasteiger partial charge in [-0.3, -0.25) is 0 Å². The average molecular weight is 285 g/mol. The van der Waals surface area contributed by atoms with Crippen molar-refractivity contribution < 1.29 is 17.9 Å². The van der Waals surface area contributed by atoms with Gasteiger partial charge in [-0.25, -0.2) is 8.42 Å². The molecular weight excluding hydrogens is 264 g/mol. The van der Waals surface area contributed by atoms with Crippen molar-refractivity contribution in [3.05, 3.63) is 0 Å². The van der Waals surface area contributed by atoms with Gasteiger partial charge < -0.3 is 9.47 Å². The monoisotopic (exact) mass is 284 g/mol. The summed E-state index contributed by atoms with van der Waals surface area (Å²) in [5.74, 6) is 0.644. The van der Waals surface area contributed by atoms with Crippen LogP contribution >= 0.6 is 10.7 Å². The first-order valence-electron chi connectivity index (χ1n) is 6.16. The van der Waals surface area contributed by atoms with Gasteiger partial charge in [-0.15, -0.1) is 0 Å². The maximum Gasteiger partial charge on any atom is 0.232 e.